The van der Waals surface area contributed by atoms with Gasteiger partial charge in [-0.15, -0.1) is 0 Å². The van der Waals surface area contributed by atoms with E-state index in [2.05, 4.69) is 16.0 Å². The number of halogens is 1. The van der Waals surface area contributed by atoms with E-state index in [1.165, 1.54) is 24.4 Å². The Balaban J connectivity index is 0.000000629. The van der Waals surface area contributed by atoms with Crippen molar-refractivity contribution in [1.29, 1.82) is 0 Å². The third-order valence-corrected chi connectivity index (χ3v) is 7.01. The lowest BCUT2D eigenvalue weighted by atomic mass is 9.96. The first-order valence-electron chi connectivity index (χ1n) is 13.9. The molecule has 4 N–H and O–H groups in total. The number of rotatable bonds is 3. The van der Waals surface area contributed by atoms with Crippen molar-refractivity contribution in [2.24, 2.45) is 5.92 Å². The third-order valence-electron chi connectivity index (χ3n) is 6.76. The number of hydrogen-bond acceptors (Lipinski definition) is 6. The summed E-state index contributed by atoms with van der Waals surface area (Å²) < 4.78 is 5.92. The van der Waals surface area contributed by atoms with E-state index in [4.69, 9.17) is 16.3 Å². The van der Waals surface area contributed by atoms with Crippen LogP contribution < -0.4 is 20.7 Å². The van der Waals surface area contributed by atoms with Crippen LogP contribution >= 0.6 is 11.6 Å². The highest BCUT2D eigenvalue weighted by atomic mass is 35.5. The second-order valence-electron chi connectivity index (χ2n) is 10.1. The Morgan fingerprint density at radius 3 is 2.39 bits per heavy atom. The molecule has 2 aromatic rings. The Hall–Kier alpha value is -3.40. The number of carbonyl (C=O) groups is 3. The number of hydrogen-bond donors (Lipinski definition) is 4. The summed E-state index contributed by atoms with van der Waals surface area (Å²) in [7, 11) is 1.49. The molecule has 1 heterocycles. The molecule has 0 saturated carbocycles. The minimum atomic E-state index is -1.12. The van der Waals surface area contributed by atoms with E-state index in [9.17, 15) is 19.5 Å². The van der Waals surface area contributed by atoms with E-state index in [0.29, 0.717) is 18.9 Å². The van der Waals surface area contributed by atoms with Gasteiger partial charge >= 0.3 is 0 Å². The normalized spacial score (nSPS) is 21.3. The van der Waals surface area contributed by atoms with Gasteiger partial charge in [-0.05, 0) is 38.0 Å². The fourth-order valence-corrected chi connectivity index (χ4v) is 4.32. The molecule has 224 valence electrons. The smallest absolute Gasteiger partial charge is 0.245 e. The summed E-state index contributed by atoms with van der Waals surface area (Å²) in [4.78, 5) is 39.4. The number of para-hydroxylation sites is 1. The molecule has 1 aliphatic heterocycles. The molecule has 0 saturated heterocycles. The van der Waals surface area contributed by atoms with E-state index in [1.807, 2.05) is 75.4 Å². The van der Waals surface area contributed by atoms with Crippen LogP contribution in [0.15, 0.2) is 54.6 Å². The molecule has 4 unspecified atom stereocenters. The average Bonchev–Trinajstić information content (AvgIpc) is 2.95. The standard InChI is InChI=1S/C24H36N4O5.C7H7Cl/c1-5-16(2)21-24(32)28(4)22(17(3)29)23(31)27-15-20(30)25-12-8-10-18-9-6-7-11-19(18)33-14-13-26-21;1-6-2-4-7(8)5-3-6/h6-11,16-17,21-22,26,29H,5,12-15H2,1-4H3,(H,25,30)(H,27,31);2-5H,1H3/b10-8+;. The Kier molecular flexibility index (Phi) is 14.4. The number of fused-ring (bicyclic) bond motifs is 1. The number of aliphatic hydroxyl groups is 1. The molecule has 9 nitrogen and oxygen atoms in total. The SMILES string of the molecule is CCC(C)C1NCCOc2ccccc2/C=C/CNC(=O)CNC(=O)C(C(C)O)N(C)C1=O.Cc1ccc(Cl)cc1. The van der Waals surface area contributed by atoms with Crippen molar-refractivity contribution in [1.82, 2.24) is 20.9 Å². The number of nitrogens with one attached hydrogen (secondary N) is 3. The zero-order valence-corrected chi connectivity index (χ0v) is 25.3. The molecule has 3 rings (SSSR count). The van der Waals surface area contributed by atoms with Gasteiger partial charge < -0.3 is 30.7 Å². The Morgan fingerprint density at radius 1 is 1.07 bits per heavy atom. The van der Waals surface area contributed by atoms with Gasteiger partial charge in [-0.25, -0.2) is 0 Å². The van der Waals surface area contributed by atoms with Gasteiger partial charge in [0.25, 0.3) is 0 Å². The maximum Gasteiger partial charge on any atom is 0.245 e. The van der Waals surface area contributed by atoms with E-state index in [-0.39, 0.29) is 30.8 Å². The zero-order chi connectivity index (χ0) is 30.4. The molecular formula is C31H43ClN4O5. The maximum absolute atomic E-state index is 13.3. The van der Waals surface area contributed by atoms with Gasteiger partial charge in [0, 0.05) is 30.7 Å². The van der Waals surface area contributed by atoms with Crippen LogP contribution in [0.1, 0.15) is 38.3 Å². The van der Waals surface area contributed by atoms with Crippen LogP contribution in [0.25, 0.3) is 6.08 Å². The van der Waals surface area contributed by atoms with Gasteiger partial charge in [0.15, 0.2) is 0 Å². The van der Waals surface area contributed by atoms with Crippen molar-refractivity contribution in [2.75, 3.05) is 33.3 Å². The second kappa shape index (κ2) is 17.4. The second-order valence-corrected chi connectivity index (χ2v) is 10.5. The number of aliphatic hydroxyl groups excluding tert-OH is 1. The van der Waals surface area contributed by atoms with Crippen LogP contribution in [0.3, 0.4) is 0 Å². The van der Waals surface area contributed by atoms with Crippen molar-refractivity contribution in [3.63, 3.8) is 0 Å². The number of likely N-dealkylation sites (N-methyl/N-ethyl adjacent to an activating group) is 1. The molecule has 1 aliphatic rings. The van der Waals surface area contributed by atoms with Gasteiger partial charge in [-0.2, -0.15) is 0 Å². The van der Waals surface area contributed by atoms with E-state index < -0.39 is 24.1 Å². The largest absolute Gasteiger partial charge is 0.492 e. The lowest BCUT2D eigenvalue weighted by Crippen LogP contribution is -2.59. The number of amides is 3. The average molecular weight is 587 g/mol. The summed E-state index contributed by atoms with van der Waals surface area (Å²) in [5.74, 6) is -0.583. The van der Waals surface area contributed by atoms with Gasteiger partial charge in [0.05, 0.1) is 18.7 Å². The first-order valence-corrected chi connectivity index (χ1v) is 14.3. The number of benzene rings is 2. The number of ether oxygens (including phenoxy) is 1. The fourth-order valence-electron chi connectivity index (χ4n) is 4.19. The van der Waals surface area contributed by atoms with Gasteiger partial charge in [-0.1, -0.05) is 79.9 Å². The van der Waals surface area contributed by atoms with E-state index in [1.54, 1.807) is 6.08 Å². The minimum Gasteiger partial charge on any atom is -0.492 e. The summed E-state index contributed by atoms with van der Waals surface area (Å²) >= 11 is 5.61. The molecule has 4 atom stereocenters. The highest BCUT2D eigenvalue weighted by Crippen LogP contribution is 2.19. The molecule has 0 spiro atoms. The van der Waals surface area contributed by atoms with Crippen molar-refractivity contribution in [3.05, 3.63) is 70.8 Å². The van der Waals surface area contributed by atoms with Crippen molar-refractivity contribution in [3.8, 4) is 5.75 Å². The lowest BCUT2D eigenvalue weighted by Gasteiger charge is -2.34. The highest BCUT2D eigenvalue weighted by molar-refractivity contribution is 6.30. The number of nitrogens with zero attached hydrogens (tertiary/aromatic N) is 1. The molecular weight excluding hydrogens is 544 g/mol. The van der Waals surface area contributed by atoms with Crippen LogP contribution in [0.5, 0.6) is 5.75 Å². The summed E-state index contributed by atoms with van der Waals surface area (Å²) in [5, 5.41) is 19.5. The Morgan fingerprint density at radius 2 is 1.76 bits per heavy atom. The Bertz CT molecular complexity index is 1130. The predicted molar refractivity (Wildman–Crippen MR) is 163 cm³/mol. The van der Waals surface area contributed by atoms with E-state index >= 15 is 0 Å². The quantitative estimate of drug-likeness (QED) is 0.439. The van der Waals surface area contributed by atoms with E-state index in [0.717, 1.165) is 17.0 Å². The van der Waals surface area contributed by atoms with Crippen LogP contribution in [0.2, 0.25) is 5.02 Å². The summed E-state index contributed by atoms with van der Waals surface area (Å²) in [6.07, 6.45) is 3.28. The molecule has 0 fully saturated rings. The number of carbonyl (C=O) groups excluding carboxylic acids is 3. The molecule has 3 amide bonds. The van der Waals surface area contributed by atoms with Crippen LogP contribution in [0.4, 0.5) is 0 Å². The first-order chi connectivity index (χ1) is 19.5. The van der Waals surface area contributed by atoms with Gasteiger partial charge in [-0.3, -0.25) is 14.4 Å². The summed E-state index contributed by atoms with van der Waals surface area (Å²) in [5.41, 5.74) is 2.12. The summed E-state index contributed by atoms with van der Waals surface area (Å²) in [6.45, 7) is 8.21. The molecule has 0 aliphatic carbocycles. The van der Waals surface area contributed by atoms with Crippen molar-refractivity contribution >= 4 is 35.4 Å². The fraction of sp³-hybridized carbons (Fsp3) is 0.452. The zero-order valence-electron chi connectivity index (χ0n) is 24.5. The molecule has 10 heteroatoms. The van der Waals surface area contributed by atoms with Crippen molar-refractivity contribution < 1.29 is 24.2 Å². The van der Waals surface area contributed by atoms with Crippen LogP contribution in [0, 0.1) is 12.8 Å². The van der Waals surface area contributed by atoms with Gasteiger partial charge in [0.2, 0.25) is 17.7 Å². The molecule has 0 bridgehead atoms. The van der Waals surface area contributed by atoms with Crippen LogP contribution in [-0.4, -0.2) is 79.2 Å². The third kappa shape index (κ3) is 11.2. The predicted octanol–water partition coefficient (Wildman–Crippen LogP) is 3.19. The Labute approximate surface area is 248 Å². The maximum atomic E-state index is 13.3. The molecule has 0 aromatic heterocycles. The van der Waals surface area contributed by atoms with Crippen LogP contribution in [-0.2, 0) is 14.4 Å². The topological polar surface area (TPSA) is 120 Å². The minimum absolute atomic E-state index is 0.00995. The molecule has 41 heavy (non-hydrogen) atoms. The first kappa shape index (κ1) is 33.8. The lowest BCUT2D eigenvalue weighted by molar-refractivity contribution is -0.145. The van der Waals surface area contributed by atoms with Crippen molar-refractivity contribution in [2.45, 2.75) is 52.3 Å². The monoisotopic (exact) mass is 586 g/mol. The molecule has 2 aromatic carbocycles. The highest BCUT2D eigenvalue weighted by Gasteiger charge is 2.35. The molecule has 0 radical (unpaired) electrons. The summed E-state index contributed by atoms with van der Waals surface area (Å²) in [6, 6.07) is 13.6. The number of aryl methyl sites for hydroxylation is 1. The van der Waals surface area contributed by atoms with Gasteiger partial charge in [0.1, 0.15) is 18.4 Å².